The van der Waals surface area contributed by atoms with Crippen molar-refractivity contribution < 1.29 is 14.4 Å². The normalized spacial score (nSPS) is 15.2. The fourth-order valence-electron chi connectivity index (χ4n) is 3.60. The molecule has 0 radical (unpaired) electrons. The fourth-order valence-corrected chi connectivity index (χ4v) is 3.60. The van der Waals surface area contributed by atoms with Crippen LogP contribution in [0, 0.1) is 10.1 Å². The summed E-state index contributed by atoms with van der Waals surface area (Å²) in [6, 6.07) is 21.0. The Labute approximate surface area is 157 Å². The Morgan fingerprint density at radius 2 is 1.67 bits per heavy atom. The average Bonchev–Trinajstić information content (AvgIpc) is 3.12. The van der Waals surface area contributed by atoms with Gasteiger partial charge in [-0.2, -0.15) is 0 Å². The molecule has 3 aromatic carbocycles. The highest BCUT2D eigenvalue weighted by molar-refractivity contribution is 5.53. The monoisotopic (exact) mass is 361 g/mol. The number of rotatable bonds is 5. The van der Waals surface area contributed by atoms with Crippen LogP contribution in [0.25, 0.3) is 0 Å². The van der Waals surface area contributed by atoms with Crippen LogP contribution in [0.2, 0.25) is 0 Å². The second-order valence-corrected chi connectivity index (χ2v) is 6.64. The van der Waals surface area contributed by atoms with Crippen molar-refractivity contribution >= 4 is 5.69 Å². The van der Waals surface area contributed by atoms with Gasteiger partial charge in [-0.3, -0.25) is 10.1 Å². The zero-order chi connectivity index (χ0) is 18.8. The molecule has 0 amide bonds. The minimum Gasteiger partial charge on any atom is -0.496 e. The summed E-state index contributed by atoms with van der Waals surface area (Å²) >= 11 is 0. The minimum absolute atomic E-state index is 0.114. The summed E-state index contributed by atoms with van der Waals surface area (Å²) in [4.78, 5) is 10.9. The maximum atomic E-state index is 11.3. The van der Waals surface area contributed by atoms with Crippen molar-refractivity contribution in [3.8, 4) is 17.2 Å². The summed E-state index contributed by atoms with van der Waals surface area (Å²) < 4.78 is 10.9. The van der Waals surface area contributed by atoms with Crippen LogP contribution in [-0.4, -0.2) is 12.0 Å². The van der Waals surface area contributed by atoms with Gasteiger partial charge in [-0.05, 0) is 59.7 Å². The third-order valence-corrected chi connectivity index (χ3v) is 4.97. The van der Waals surface area contributed by atoms with Crippen LogP contribution < -0.4 is 9.47 Å². The molecular formula is C22H19NO4. The summed E-state index contributed by atoms with van der Waals surface area (Å²) in [5.74, 6) is 1.70. The second-order valence-electron chi connectivity index (χ2n) is 6.64. The van der Waals surface area contributed by atoms with Gasteiger partial charge >= 0.3 is 5.69 Å². The van der Waals surface area contributed by atoms with Crippen LogP contribution in [0.3, 0.4) is 0 Å². The Hall–Kier alpha value is -3.34. The van der Waals surface area contributed by atoms with E-state index in [2.05, 4.69) is 30.3 Å². The van der Waals surface area contributed by atoms with Crippen molar-refractivity contribution in [1.82, 2.24) is 0 Å². The molecule has 1 atom stereocenters. The van der Waals surface area contributed by atoms with Crippen molar-refractivity contribution in [2.75, 3.05) is 7.11 Å². The molecule has 0 fully saturated rings. The van der Waals surface area contributed by atoms with Gasteiger partial charge in [-0.1, -0.05) is 36.4 Å². The number of nitro groups is 1. The number of nitrogens with zero attached hydrogens (tertiary/aromatic N) is 1. The maximum absolute atomic E-state index is 11.3. The van der Waals surface area contributed by atoms with Gasteiger partial charge < -0.3 is 9.47 Å². The van der Waals surface area contributed by atoms with Crippen molar-refractivity contribution in [3.63, 3.8) is 0 Å². The summed E-state index contributed by atoms with van der Waals surface area (Å²) in [6.07, 6.45) is 1.95. The zero-order valence-corrected chi connectivity index (χ0v) is 14.9. The van der Waals surface area contributed by atoms with Crippen molar-refractivity contribution in [1.29, 1.82) is 0 Å². The van der Waals surface area contributed by atoms with Crippen LogP contribution in [0.5, 0.6) is 17.2 Å². The van der Waals surface area contributed by atoms with Crippen LogP contribution in [0.15, 0.2) is 66.7 Å². The van der Waals surface area contributed by atoms with E-state index in [4.69, 9.17) is 9.47 Å². The van der Waals surface area contributed by atoms with Gasteiger partial charge in [0.1, 0.15) is 11.5 Å². The molecule has 3 aromatic rings. The first-order chi connectivity index (χ1) is 13.1. The van der Waals surface area contributed by atoms with Crippen molar-refractivity contribution in [3.05, 3.63) is 93.5 Å². The van der Waals surface area contributed by atoms with Gasteiger partial charge in [-0.15, -0.1) is 0 Å². The minimum atomic E-state index is -0.462. The van der Waals surface area contributed by atoms with Crippen molar-refractivity contribution in [2.24, 2.45) is 0 Å². The molecule has 0 aliphatic heterocycles. The lowest BCUT2D eigenvalue weighted by Crippen LogP contribution is -1.96. The Morgan fingerprint density at radius 3 is 2.41 bits per heavy atom. The Balaban J connectivity index is 1.57. The molecule has 1 aliphatic rings. The highest BCUT2D eigenvalue weighted by Gasteiger charge is 2.24. The molecule has 0 heterocycles. The van der Waals surface area contributed by atoms with E-state index in [9.17, 15) is 10.1 Å². The molecule has 1 unspecified atom stereocenters. The molecule has 0 spiro atoms. The first-order valence-electron chi connectivity index (χ1n) is 8.81. The lowest BCUT2D eigenvalue weighted by Gasteiger charge is -2.09. The van der Waals surface area contributed by atoms with E-state index >= 15 is 0 Å². The van der Waals surface area contributed by atoms with Gasteiger partial charge in [0.2, 0.25) is 5.75 Å². The van der Waals surface area contributed by atoms with E-state index in [1.165, 1.54) is 29.9 Å². The molecule has 0 saturated carbocycles. The highest BCUT2D eigenvalue weighted by Crippen LogP contribution is 2.38. The topological polar surface area (TPSA) is 61.6 Å². The number of hydrogen-bond acceptors (Lipinski definition) is 4. The first kappa shape index (κ1) is 17.1. The van der Waals surface area contributed by atoms with Crippen LogP contribution >= 0.6 is 0 Å². The average molecular weight is 361 g/mol. The number of benzene rings is 3. The van der Waals surface area contributed by atoms with Gasteiger partial charge in [0, 0.05) is 0 Å². The third-order valence-electron chi connectivity index (χ3n) is 4.97. The van der Waals surface area contributed by atoms with Crippen LogP contribution in [0.4, 0.5) is 5.69 Å². The third kappa shape index (κ3) is 3.49. The van der Waals surface area contributed by atoms with Gasteiger partial charge in [0.25, 0.3) is 0 Å². The lowest BCUT2D eigenvalue weighted by molar-refractivity contribution is -0.385. The number of ether oxygens (including phenoxy) is 2. The second kappa shape index (κ2) is 7.11. The zero-order valence-electron chi connectivity index (χ0n) is 14.9. The predicted molar refractivity (Wildman–Crippen MR) is 103 cm³/mol. The molecule has 27 heavy (non-hydrogen) atoms. The summed E-state index contributed by atoms with van der Waals surface area (Å²) in [5.41, 5.74) is 3.76. The van der Waals surface area contributed by atoms with Crippen LogP contribution in [-0.2, 0) is 12.8 Å². The molecule has 0 bridgehead atoms. The lowest BCUT2D eigenvalue weighted by atomic mass is 9.96. The van der Waals surface area contributed by atoms with Gasteiger partial charge in [-0.25, -0.2) is 0 Å². The molecule has 0 aromatic heterocycles. The number of fused-ring (bicyclic) bond motifs is 1. The first-order valence-corrected chi connectivity index (χ1v) is 8.81. The molecular weight excluding hydrogens is 342 g/mol. The van der Waals surface area contributed by atoms with Gasteiger partial charge in [0.15, 0.2) is 0 Å². The smallest absolute Gasteiger partial charge is 0.315 e. The predicted octanol–water partition coefficient (Wildman–Crippen LogP) is 5.28. The van der Waals surface area contributed by atoms with Gasteiger partial charge in [0.05, 0.1) is 18.1 Å². The summed E-state index contributed by atoms with van der Waals surface area (Å²) in [7, 11) is 1.48. The Bertz CT molecular complexity index is 985. The summed E-state index contributed by atoms with van der Waals surface area (Å²) in [5, 5.41) is 11.3. The van der Waals surface area contributed by atoms with E-state index < -0.39 is 4.92 Å². The highest BCUT2D eigenvalue weighted by atomic mass is 16.6. The number of methoxy groups -OCH3 is 1. The maximum Gasteiger partial charge on any atom is 0.315 e. The van der Waals surface area contributed by atoms with E-state index in [0.29, 0.717) is 17.4 Å². The molecule has 5 nitrogen and oxygen atoms in total. The SMILES string of the molecule is COc1ccc(Oc2ccc3c(c2)CC(c2ccccc2)C3)c([N+](=O)[O-])c1. The largest absolute Gasteiger partial charge is 0.496 e. The Morgan fingerprint density at radius 1 is 0.926 bits per heavy atom. The van der Waals surface area contributed by atoms with Crippen LogP contribution in [0.1, 0.15) is 22.6 Å². The molecule has 5 heteroatoms. The molecule has 136 valence electrons. The molecule has 4 rings (SSSR count). The molecule has 0 N–H and O–H groups in total. The number of hydrogen-bond donors (Lipinski definition) is 0. The van der Waals surface area contributed by atoms with E-state index in [-0.39, 0.29) is 11.4 Å². The quantitative estimate of drug-likeness (QED) is 0.458. The van der Waals surface area contributed by atoms with Crippen molar-refractivity contribution in [2.45, 2.75) is 18.8 Å². The Kier molecular flexibility index (Phi) is 4.50. The standard InChI is InChI=1S/C22H19NO4/c1-26-19-9-10-22(21(14-19)23(24)25)27-20-8-7-16-11-17(12-18(16)13-20)15-5-3-2-4-6-15/h2-10,13-14,17H,11-12H2,1H3. The molecule has 0 saturated heterocycles. The summed E-state index contributed by atoms with van der Waals surface area (Å²) in [6.45, 7) is 0. The van der Waals surface area contributed by atoms with E-state index in [0.717, 1.165) is 12.8 Å². The van der Waals surface area contributed by atoms with E-state index in [1.54, 1.807) is 12.1 Å². The molecule has 1 aliphatic carbocycles. The number of nitro benzene ring substituents is 1. The van der Waals surface area contributed by atoms with E-state index in [1.807, 2.05) is 18.2 Å². The fraction of sp³-hybridized carbons (Fsp3) is 0.182.